The maximum Gasteiger partial charge on any atom is 0.278 e. The number of fused-ring (bicyclic) bond motifs is 1. The zero-order valence-corrected chi connectivity index (χ0v) is 7.11. The van der Waals surface area contributed by atoms with Crippen LogP contribution in [0.4, 0.5) is 5.95 Å². The molecular weight excluding hydrogens is 170 g/mol. The third-order valence-corrected chi connectivity index (χ3v) is 1.84. The summed E-state index contributed by atoms with van der Waals surface area (Å²) >= 11 is 0. The molecule has 13 heavy (non-hydrogen) atoms. The number of hydrogen-bond acceptors (Lipinski definition) is 4. The van der Waals surface area contributed by atoms with Crippen LogP contribution in [0.15, 0.2) is 11.1 Å². The summed E-state index contributed by atoms with van der Waals surface area (Å²) in [6.07, 6.45) is 1.58. The molecule has 0 fully saturated rings. The monoisotopic (exact) mass is 179 g/mol. The smallest absolute Gasteiger partial charge is 0.278 e. The fraction of sp³-hybridized carbons (Fsp3) is 0.286. The number of nitrogens with one attached hydrogen (secondary N) is 1. The number of anilines is 1. The van der Waals surface area contributed by atoms with Crippen molar-refractivity contribution in [3.8, 4) is 0 Å². The van der Waals surface area contributed by atoms with Crippen molar-refractivity contribution < 1.29 is 0 Å². The zero-order valence-electron chi connectivity index (χ0n) is 7.11. The summed E-state index contributed by atoms with van der Waals surface area (Å²) in [5.74, 6) is 0.0962. The molecule has 2 heterocycles. The largest absolute Gasteiger partial charge is 0.369 e. The average molecular weight is 179 g/mol. The molecule has 0 atom stereocenters. The van der Waals surface area contributed by atoms with Crippen LogP contribution < -0.4 is 11.3 Å². The first-order valence-corrected chi connectivity index (χ1v) is 3.93. The molecule has 0 saturated carbocycles. The Hall–Kier alpha value is -1.85. The molecule has 0 aliphatic heterocycles. The van der Waals surface area contributed by atoms with Gasteiger partial charge in [-0.1, -0.05) is 0 Å². The summed E-state index contributed by atoms with van der Waals surface area (Å²) in [6.45, 7) is 2.61. The highest BCUT2D eigenvalue weighted by Gasteiger charge is 2.07. The van der Waals surface area contributed by atoms with E-state index >= 15 is 0 Å². The number of aromatic nitrogens is 4. The number of imidazole rings is 1. The van der Waals surface area contributed by atoms with Crippen LogP contribution in [0.2, 0.25) is 0 Å². The van der Waals surface area contributed by atoms with E-state index in [1.54, 1.807) is 10.9 Å². The predicted molar refractivity (Wildman–Crippen MR) is 48.2 cm³/mol. The molecule has 0 saturated heterocycles. The molecule has 2 aromatic rings. The molecule has 68 valence electrons. The van der Waals surface area contributed by atoms with Gasteiger partial charge in [-0.3, -0.25) is 9.78 Å². The quantitative estimate of drug-likeness (QED) is 0.630. The second kappa shape index (κ2) is 2.58. The Morgan fingerprint density at radius 2 is 2.46 bits per heavy atom. The Morgan fingerprint density at radius 3 is 3.15 bits per heavy atom. The van der Waals surface area contributed by atoms with Crippen LogP contribution in [-0.4, -0.2) is 19.5 Å². The van der Waals surface area contributed by atoms with E-state index in [0.29, 0.717) is 17.7 Å². The van der Waals surface area contributed by atoms with Gasteiger partial charge in [0.15, 0.2) is 11.2 Å². The molecule has 0 unspecified atom stereocenters. The highest BCUT2D eigenvalue weighted by Crippen LogP contribution is 2.04. The second-order valence-electron chi connectivity index (χ2n) is 2.65. The highest BCUT2D eigenvalue weighted by atomic mass is 16.1. The number of hydrogen-bond donors (Lipinski definition) is 2. The van der Waals surface area contributed by atoms with Crippen LogP contribution in [0.5, 0.6) is 0 Å². The number of nitrogens with two attached hydrogens (primary N) is 1. The summed E-state index contributed by atoms with van der Waals surface area (Å²) in [7, 11) is 0. The first-order valence-electron chi connectivity index (χ1n) is 3.93. The van der Waals surface area contributed by atoms with Crippen LogP contribution >= 0.6 is 0 Å². The fourth-order valence-electron chi connectivity index (χ4n) is 1.24. The highest BCUT2D eigenvalue weighted by molar-refractivity contribution is 5.70. The van der Waals surface area contributed by atoms with E-state index in [4.69, 9.17) is 5.73 Å². The molecule has 0 aliphatic carbocycles. The van der Waals surface area contributed by atoms with Gasteiger partial charge in [0.05, 0.1) is 6.33 Å². The molecule has 3 N–H and O–H groups in total. The number of nitrogen functional groups attached to an aromatic ring is 1. The number of aryl methyl sites for hydroxylation is 1. The van der Waals surface area contributed by atoms with Crippen LogP contribution in [-0.2, 0) is 6.54 Å². The number of H-pyrrole nitrogens is 1. The van der Waals surface area contributed by atoms with Crippen LogP contribution in [0.1, 0.15) is 6.92 Å². The van der Waals surface area contributed by atoms with E-state index in [-0.39, 0.29) is 11.5 Å². The predicted octanol–water partition coefficient (Wildman–Crippen LogP) is -0.278. The Bertz CT molecular complexity index is 497. The molecule has 0 aromatic carbocycles. The van der Waals surface area contributed by atoms with Gasteiger partial charge in [-0.25, -0.2) is 4.98 Å². The maximum absolute atomic E-state index is 11.4. The Balaban J connectivity index is 2.90. The van der Waals surface area contributed by atoms with Gasteiger partial charge in [0.2, 0.25) is 5.95 Å². The Morgan fingerprint density at radius 1 is 1.69 bits per heavy atom. The minimum Gasteiger partial charge on any atom is -0.369 e. The van der Waals surface area contributed by atoms with Crippen molar-refractivity contribution in [1.29, 1.82) is 0 Å². The molecule has 0 bridgehead atoms. The fourth-order valence-corrected chi connectivity index (χ4v) is 1.24. The lowest BCUT2D eigenvalue weighted by Gasteiger charge is -1.96. The summed E-state index contributed by atoms with van der Waals surface area (Å²) in [6, 6.07) is 0. The van der Waals surface area contributed by atoms with Gasteiger partial charge in [0, 0.05) is 6.54 Å². The molecule has 0 aliphatic rings. The SMILES string of the molecule is CCn1cnc2nc(N)[nH]c(=O)c21. The Labute approximate surface area is 73.4 Å². The lowest BCUT2D eigenvalue weighted by molar-refractivity contribution is 0.783. The molecule has 0 amide bonds. The number of rotatable bonds is 1. The minimum atomic E-state index is -0.248. The number of nitrogens with zero attached hydrogens (tertiary/aromatic N) is 3. The first-order chi connectivity index (χ1) is 6.22. The summed E-state index contributed by atoms with van der Waals surface area (Å²) in [5, 5.41) is 0. The third kappa shape index (κ3) is 1.07. The molecule has 6 heteroatoms. The van der Waals surface area contributed by atoms with Crippen LogP contribution in [0.3, 0.4) is 0 Å². The van der Waals surface area contributed by atoms with Crippen LogP contribution in [0.25, 0.3) is 11.2 Å². The van der Waals surface area contributed by atoms with Gasteiger partial charge in [-0.05, 0) is 6.92 Å². The molecule has 0 spiro atoms. The van der Waals surface area contributed by atoms with Gasteiger partial charge in [-0.15, -0.1) is 0 Å². The summed E-state index contributed by atoms with van der Waals surface area (Å²) < 4.78 is 1.72. The molecule has 2 aromatic heterocycles. The van der Waals surface area contributed by atoms with E-state index in [1.165, 1.54) is 0 Å². The maximum atomic E-state index is 11.4. The van der Waals surface area contributed by atoms with Crippen molar-refractivity contribution in [2.75, 3.05) is 5.73 Å². The van der Waals surface area contributed by atoms with Gasteiger partial charge < -0.3 is 10.3 Å². The van der Waals surface area contributed by atoms with Gasteiger partial charge in [0.1, 0.15) is 0 Å². The van der Waals surface area contributed by atoms with E-state index in [0.717, 1.165) is 0 Å². The lowest BCUT2D eigenvalue weighted by atomic mass is 10.5. The average Bonchev–Trinajstić information content (AvgIpc) is 2.47. The van der Waals surface area contributed by atoms with Crippen LogP contribution in [0, 0.1) is 0 Å². The van der Waals surface area contributed by atoms with E-state index in [9.17, 15) is 4.79 Å². The van der Waals surface area contributed by atoms with Crippen molar-refractivity contribution in [1.82, 2.24) is 19.5 Å². The molecule has 0 radical (unpaired) electrons. The van der Waals surface area contributed by atoms with Crippen molar-refractivity contribution >= 4 is 17.1 Å². The number of aromatic amines is 1. The second-order valence-corrected chi connectivity index (χ2v) is 2.65. The molecular formula is C7H9N5O. The van der Waals surface area contributed by atoms with Gasteiger partial charge in [-0.2, -0.15) is 4.98 Å². The van der Waals surface area contributed by atoms with Gasteiger partial charge >= 0.3 is 0 Å². The van der Waals surface area contributed by atoms with Crippen molar-refractivity contribution in [3.05, 3.63) is 16.7 Å². The summed E-state index contributed by atoms with van der Waals surface area (Å²) in [4.78, 5) is 21.7. The standard InChI is InChI=1S/C7H9N5O/c1-2-12-3-9-5-4(12)6(13)11-7(8)10-5/h3H,2H2,1H3,(H3,8,10,11,13). The lowest BCUT2D eigenvalue weighted by Crippen LogP contribution is -2.13. The van der Waals surface area contributed by atoms with Crippen molar-refractivity contribution in [2.24, 2.45) is 0 Å². The minimum absolute atomic E-state index is 0.0962. The third-order valence-electron chi connectivity index (χ3n) is 1.84. The molecule has 2 rings (SSSR count). The first kappa shape index (κ1) is 7.78. The topological polar surface area (TPSA) is 89.6 Å². The Kier molecular flexibility index (Phi) is 1.54. The van der Waals surface area contributed by atoms with E-state index in [1.807, 2.05) is 6.92 Å². The summed E-state index contributed by atoms with van der Waals surface area (Å²) in [5.41, 5.74) is 5.97. The molecule has 6 nitrogen and oxygen atoms in total. The van der Waals surface area contributed by atoms with Crippen molar-refractivity contribution in [3.63, 3.8) is 0 Å². The van der Waals surface area contributed by atoms with Gasteiger partial charge in [0.25, 0.3) is 5.56 Å². The zero-order chi connectivity index (χ0) is 9.42. The normalized spacial score (nSPS) is 10.8. The van der Waals surface area contributed by atoms with Crippen molar-refractivity contribution in [2.45, 2.75) is 13.5 Å². The van der Waals surface area contributed by atoms with E-state index in [2.05, 4.69) is 15.0 Å². The van der Waals surface area contributed by atoms with E-state index < -0.39 is 0 Å².